The van der Waals surface area contributed by atoms with E-state index < -0.39 is 0 Å². The van der Waals surface area contributed by atoms with Gasteiger partial charge in [-0.1, -0.05) is 30.4 Å². The van der Waals surface area contributed by atoms with E-state index in [1.165, 1.54) is 10.9 Å². The minimum Gasteiger partial charge on any atom is -0.106 e. The lowest BCUT2D eigenvalue weighted by atomic mass is 10.3. The average molecular weight is 140 g/mol. The first-order chi connectivity index (χ1) is 4.20. The Morgan fingerprint density at radius 3 is 2.44 bits per heavy atom. The summed E-state index contributed by atoms with van der Waals surface area (Å²) in [6, 6.07) is 0. The van der Waals surface area contributed by atoms with Gasteiger partial charge in [0, 0.05) is 0 Å². The van der Waals surface area contributed by atoms with Gasteiger partial charge in [0.25, 0.3) is 0 Å². The summed E-state index contributed by atoms with van der Waals surface area (Å²) in [6.45, 7) is 7.68. The van der Waals surface area contributed by atoms with Crippen molar-refractivity contribution in [3.8, 4) is 0 Å². The molecule has 0 N–H and O–H groups in total. The number of hydrogen-bond donors (Lipinski definition) is 0. The van der Waals surface area contributed by atoms with E-state index >= 15 is 0 Å². The monoisotopic (exact) mass is 140 g/mol. The predicted octanol–water partition coefficient (Wildman–Crippen LogP) is 2.90. The summed E-state index contributed by atoms with van der Waals surface area (Å²) >= 11 is 0. The van der Waals surface area contributed by atoms with Crippen molar-refractivity contribution in [2.45, 2.75) is 13.8 Å². The maximum atomic E-state index is 3.64. The zero-order valence-electron chi connectivity index (χ0n) is 6.02. The minimum absolute atomic E-state index is 1.19. The summed E-state index contributed by atoms with van der Waals surface area (Å²) in [5.41, 5.74) is 1.19. The Hall–Kier alpha value is -0.350. The first-order valence-electron chi connectivity index (χ1n) is 2.93. The van der Waals surface area contributed by atoms with Crippen LogP contribution in [0.1, 0.15) is 13.8 Å². The van der Waals surface area contributed by atoms with E-state index in [0.717, 1.165) is 0 Å². The molecule has 1 heteroatoms. The Kier molecular flexibility index (Phi) is 4.35. The van der Waals surface area contributed by atoms with Crippen molar-refractivity contribution < 1.29 is 0 Å². The van der Waals surface area contributed by atoms with Gasteiger partial charge >= 0.3 is 0 Å². The summed E-state index contributed by atoms with van der Waals surface area (Å²) in [6.07, 6.45) is 5.95. The van der Waals surface area contributed by atoms with Crippen molar-refractivity contribution in [2.75, 3.05) is 0 Å². The van der Waals surface area contributed by atoms with Crippen molar-refractivity contribution in [1.82, 2.24) is 0 Å². The standard InChI is InChI=1S/C8H13P/c1-4-7(3)6-8(9)5-2/h4-6H,1,9H2,2-3H3/b7-6-,8-5+. The molecule has 0 saturated carbocycles. The highest BCUT2D eigenvalue weighted by atomic mass is 31.0. The molecule has 0 bridgehead atoms. The third-order valence-electron chi connectivity index (χ3n) is 1.05. The van der Waals surface area contributed by atoms with Crippen LogP contribution >= 0.6 is 9.24 Å². The van der Waals surface area contributed by atoms with Crippen LogP contribution < -0.4 is 0 Å². The van der Waals surface area contributed by atoms with Gasteiger partial charge in [-0.15, -0.1) is 9.24 Å². The Balaban J connectivity index is 4.11. The van der Waals surface area contributed by atoms with Crippen LogP contribution in [-0.2, 0) is 0 Å². The second kappa shape index (κ2) is 4.52. The molecule has 0 aliphatic rings. The summed E-state index contributed by atoms with van der Waals surface area (Å²) in [4.78, 5) is 0. The first kappa shape index (κ1) is 8.65. The average Bonchev–Trinajstić information content (AvgIpc) is 1.87. The number of hydrogen-bond acceptors (Lipinski definition) is 0. The van der Waals surface area contributed by atoms with Crippen LogP contribution in [0.15, 0.2) is 35.7 Å². The van der Waals surface area contributed by atoms with Crippen molar-refractivity contribution in [3.05, 3.63) is 35.7 Å². The SMILES string of the molecule is C=C/C(C)=C\C(P)=C/C. The number of allylic oxidation sites excluding steroid dienone is 5. The van der Waals surface area contributed by atoms with Gasteiger partial charge in [-0.05, 0) is 19.2 Å². The third kappa shape index (κ3) is 4.17. The molecule has 0 radical (unpaired) electrons. The molecule has 50 valence electrons. The zero-order valence-corrected chi connectivity index (χ0v) is 7.17. The van der Waals surface area contributed by atoms with Crippen LogP contribution in [0.25, 0.3) is 0 Å². The Labute approximate surface area is 59.6 Å². The van der Waals surface area contributed by atoms with Crippen molar-refractivity contribution in [1.29, 1.82) is 0 Å². The van der Waals surface area contributed by atoms with Gasteiger partial charge in [0.2, 0.25) is 0 Å². The van der Waals surface area contributed by atoms with Gasteiger partial charge in [0.1, 0.15) is 0 Å². The molecule has 0 amide bonds. The van der Waals surface area contributed by atoms with Gasteiger partial charge in [0.05, 0.1) is 0 Å². The molecule has 1 atom stereocenters. The molecule has 0 spiro atoms. The van der Waals surface area contributed by atoms with E-state index in [1.54, 1.807) is 0 Å². The highest BCUT2D eigenvalue weighted by Gasteiger charge is 1.79. The molecule has 0 aliphatic heterocycles. The van der Waals surface area contributed by atoms with Crippen LogP contribution in [0.5, 0.6) is 0 Å². The van der Waals surface area contributed by atoms with Crippen LogP contribution in [0.2, 0.25) is 0 Å². The highest BCUT2D eigenvalue weighted by Crippen LogP contribution is 2.09. The summed E-state index contributed by atoms with van der Waals surface area (Å²) in [5.74, 6) is 0. The van der Waals surface area contributed by atoms with Crippen LogP contribution in [-0.4, -0.2) is 0 Å². The van der Waals surface area contributed by atoms with E-state index in [9.17, 15) is 0 Å². The summed E-state index contributed by atoms with van der Waals surface area (Å²) < 4.78 is 0. The molecule has 0 nitrogen and oxygen atoms in total. The predicted molar refractivity (Wildman–Crippen MR) is 47.4 cm³/mol. The molecule has 9 heavy (non-hydrogen) atoms. The molecule has 0 aromatic carbocycles. The third-order valence-corrected chi connectivity index (χ3v) is 1.55. The van der Waals surface area contributed by atoms with E-state index in [2.05, 4.69) is 21.9 Å². The zero-order chi connectivity index (χ0) is 7.28. The molecule has 0 heterocycles. The Morgan fingerprint density at radius 2 is 2.11 bits per heavy atom. The Bertz CT molecular complexity index is 152. The van der Waals surface area contributed by atoms with E-state index in [1.807, 2.05) is 26.0 Å². The topological polar surface area (TPSA) is 0 Å². The smallest absolute Gasteiger partial charge is 0.0343 e. The van der Waals surface area contributed by atoms with Crippen molar-refractivity contribution in [2.24, 2.45) is 0 Å². The van der Waals surface area contributed by atoms with Gasteiger partial charge in [0.15, 0.2) is 0 Å². The Morgan fingerprint density at radius 1 is 1.56 bits per heavy atom. The molecule has 0 fully saturated rings. The number of rotatable bonds is 2. The van der Waals surface area contributed by atoms with Crippen LogP contribution in [0.3, 0.4) is 0 Å². The van der Waals surface area contributed by atoms with Gasteiger partial charge in [-0.2, -0.15) is 0 Å². The maximum Gasteiger partial charge on any atom is -0.0343 e. The van der Waals surface area contributed by atoms with E-state index in [0.29, 0.717) is 0 Å². The molecular formula is C8H13P. The molecule has 0 aromatic rings. The van der Waals surface area contributed by atoms with Gasteiger partial charge < -0.3 is 0 Å². The second-order valence-corrected chi connectivity index (χ2v) is 2.55. The minimum atomic E-state index is 1.19. The lowest BCUT2D eigenvalue weighted by Crippen LogP contribution is -1.66. The summed E-state index contributed by atoms with van der Waals surface area (Å²) in [5, 5.41) is 1.20. The van der Waals surface area contributed by atoms with Crippen molar-refractivity contribution >= 4 is 9.24 Å². The van der Waals surface area contributed by atoms with E-state index in [-0.39, 0.29) is 0 Å². The highest BCUT2D eigenvalue weighted by molar-refractivity contribution is 7.22. The van der Waals surface area contributed by atoms with Gasteiger partial charge in [-0.3, -0.25) is 0 Å². The fraction of sp³-hybridized carbons (Fsp3) is 0.250. The molecule has 0 aliphatic carbocycles. The maximum absolute atomic E-state index is 3.64. The van der Waals surface area contributed by atoms with Crippen LogP contribution in [0, 0.1) is 0 Å². The normalized spacial score (nSPS) is 13.7. The lowest BCUT2D eigenvalue weighted by Gasteiger charge is -1.90. The summed E-state index contributed by atoms with van der Waals surface area (Å²) in [7, 11) is 2.64. The fourth-order valence-electron chi connectivity index (χ4n) is 0.405. The van der Waals surface area contributed by atoms with Crippen LogP contribution in [0.4, 0.5) is 0 Å². The largest absolute Gasteiger partial charge is 0.106 e. The van der Waals surface area contributed by atoms with Gasteiger partial charge in [-0.25, -0.2) is 0 Å². The molecular weight excluding hydrogens is 127 g/mol. The molecule has 0 aromatic heterocycles. The first-order valence-corrected chi connectivity index (χ1v) is 3.51. The van der Waals surface area contributed by atoms with Crippen molar-refractivity contribution in [3.63, 3.8) is 0 Å². The second-order valence-electron chi connectivity index (χ2n) is 1.88. The van der Waals surface area contributed by atoms with E-state index in [4.69, 9.17) is 0 Å². The molecule has 0 rings (SSSR count). The quantitative estimate of drug-likeness (QED) is 0.408. The molecule has 1 unspecified atom stereocenters. The fourth-order valence-corrected chi connectivity index (χ4v) is 0.668. The molecule has 0 saturated heterocycles. The lowest BCUT2D eigenvalue weighted by molar-refractivity contribution is 1.52.